The normalized spacial score (nSPS) is 12.7. The summed E-state index contributed by atoms with van der Waals surface area (Å²) in [6, 6.07) is 13.0. The average molecular weight is 345 g/mol. The highest BCUT2D eigenvalue weighted by Gasteiger charge is 2.29. The number of benzene rings is 2. The van der Waals surface area contributed by atoms with Crippen molar-refractivity contribution >= 4 is 23.2 Å². The topological polar surface area (TPSA) is 90.3 Å². The van der Waals surface area contributed by atoms with Gasteiger partial charge in [-0.25, -0.2) is 0 Å². The first kappa shape index (κ1) is 17.1. The molecule has 0 saturated heterocycles. The van der Waals surface area contributed by atoms with Crippen LogP contribution in [0.5, 0.6) is 0 Å². The maximum Gasteiger partial charge on any atom is 0.267 e. The van der Waals surface area contributed by atoms with Crippen molar-refractivity contribution in [3.05, 3.63) is 76.5 Å². The van der Waals surface area contributed by atoms with Crippen LogP contribution < -0.4 is 5.32 Å². The molecular weight excluding hydrogens is 330 g/mol. The Balaban J connectivity index is 1.95. The first-order chi connectivity index (χ1) is 12.4. The van der Waals surface area contributed by atoms with Gasteiger partial charge in [0.15, 0.2) is 11.6 Å². The van der Waals surface area contributed by atoms with Gasteiger partial charge in [-0.3, -0.25) is 14.4 Å². The molecule has 0 fully saturated rings. The number of ketones is 2. The quantitative estimate of drug-likeness (QED) is 0.581. The van der Waals surface area contributed by atoms with E-state index in [2.05, 4.69) is 5.32 Å². The Labute approximate surface area is 150 Å². The van der Waals surface area contributed by atoms with Gasteiger partial charge in [0.05, 0.1) is 0 Å². The van der Waals surface area contributed by atoms with Crippen LogP contribution in [0.25, 0.3) is 0 Å². The van der Waals surface area contributed by atoms with Gasteiger partial charge in [-0.1, -0.05) is 24.3 Å². The second-order valence-electron chi connectivity index (χ2n) is 6.04. The Morgan fingerprint density at radius 3 is 2.15 bits per heavy atom. The van der Waals surface area contributed by atoms with Crippen LogP contribution in [0.15, 0.2) is 54.2 Å². The molecule has 6 heteroatoms. The average Bonchev–Trinajstić information content (AvgIpc) is 2.64. The molecule has 1 aliphatic carbocycles. The predicted molar refractivity (Wildman–Crippen MR) is 95.8 cm³/mol. The van der Waals surface area contributed by atoms with Crippen LogP contribution in [0.1, 0.15) is 31.8 Å². The second-order valence-corrected chi connectivity index (χ2v) is 6.04. The van der Waals surface area contributed by atoms with E-state index in [0.717, 1.165) is 0 Å². The van der Waals surface area contributed by atoms with Gasteiger partial charge in [0.2, 0.25) is 0 Å². The van der Waals surface area contributed by atoms with E-state index < -0.39 is 5.91 Å². The van der Waals surface area contributed by atoms with Crippen LogP contribution in [-0.2, 0) is 4.79 Å². The standard InChI is InChI=1S/C20H15N3O3/c1-23(2)11-12(10-21)20(26)22-13-7-8-16-17(9-13)19(25)15-6-4-3-5-14(15)18(16)24/h3-9,11H,1-2H3,(H,22,26)/b12-11+. The number of nitrogens with zero attached hydrogens (tertiary/aromatic N) is 2. The molecule has 0 bridgehead atoms. The summed E-state index contributed by atoms with van der Waals surface area (Å²) in [6.07, 6.45) is 1.40. The van der Waals surface area contributed by atoms with Crippen LogP contribution in [0.3, 0.4) is 0 Å². The van der Waals surface area contributed by atoms with Crippen molar-refractivity contribution in [2.45, 2.75) is 0 Å². The summed E-state index contributed by atoms with van der Waals surface area (Å²) in [5.41, 5.74) is 1.54. The number of rotatable bonds is 3. The van der Waals surface area contributed by atoms with E-state index in [1.165, 1.54) is 18.3 Å². The molecule has 128 valence electrons. The Bertz CT molecular complexity index is 1010. The molecule has 0 aromatic heterocycles. The van der Waals surface area contributed by atoms with E-state index in [1.807, 2.05) is 6.07 Å². The van der Waals surface area contributed by atoms with Crippen molar-refractivity contribution in [3.8, 4) is 6.07 Å². The number of amides is 1. The summed E-state index contributed by atoms with van der Waals surface area (Å²) in [5.74, 6) is -1.08. The lowest BCUT2D eigenvalue weighted by Gasteiger charge is -2.18. The second kappa shape index (κ2) is 6.65. The van der Waals surface area contributed by atoms with E-state index in [4.69, 9.17) is 5.26 Å². The zero-order valence-electron chi connectivity index (χ0n) is 14.2. The summed E-state index contributed by atoms with van der Waals surface area (Å²) in [7, 11) is 3.40. The molecule has 3 rings (SSSR count). The minimum absolute atomic E-state index is 0.0690. The maximum absolute atomic E-state index is 12.7. The third-order valence-electron chi connectivity index (χ3n) is 3.94. The van der Waals surface area contributed by atoms with Gasteiger partial charge < -0.3 is 10.2 Å². The third-order valence-corrected chi connectivity index (χ3v) is 3.94. The lowest BCUT2D eigenvalue weighted by molar-refractivity contribution is -0.112. The zero-order valence-corrected chi connectivity index (χ0v) is 14.2. The highest BCUT2D eigenvalue weighted by molar-refractivity contribution is 6.28. The molecule has 1 N–H and O–H groups in total. The molecule has 1 aliphatic rings. The van der Waals surface area contributed by atoms with Crippen LogP contribution in [0.4, 0.5) is 5.69 Å². The summed E-state index contributed by atoms with van der Waals surface area (Å²) < 4.78 is 0. The number of nitriles is 1. The third kappa shape index (κ3) is 2.98. The fourth-order valence-electron chi connectivity index (χ4n) is 2.77. The largest absolute Gasteiger partial charge is 0.382 e. The SMILES string of the molecule is CN(C)/C=C(\C#N)C(=O)Nc1ccc2c(c1)C(=O)c1ccccc1C2=O. The van der Waals surface area contributed by atoms with Crippen molar-refractivity contribution in [1.29, 1.82) is 5.26 Å². The van der Waals surface area contributed by atoms with Gasteiger partial charge in [0, 0.05) is 48.2 Å². The molecule has 6 nitrogen and oxygen atoms in total. The molecule has 0 spiro atoms. The Kier molecular flexibility index (Phi) is 4.38. The van der Waals surface area contributed by atoms with Crippen LogP contribution in [0.2, 0.25) is 0 Å². The predicted octanol–water partition coefficient (Wildman–Crippen LogP) is 2.37. The molecule has 2 aromatic carbocycles. The van der Waals surface area contributed by atoms with Crippen LogP contribution >= 0.6 is 0 Å². The van der Waals surface area contributed by atoms with Crippen molar-refractivity contribution in [2.75, 3.05) is 19.4 Å². The Morgan fingerprint density at radius 2 is 1.58 bits per heavy atom. The van der Waals surface area contributed by atoms with Gasteiger partial charge in [0.1, 0.15) is 11.6 Å². The molecule has 0 saturated carbocycles. The highest BCUT2D eigenvalue weighted by atomic mass is 16.2. The van der Waals surface area contributed by atoms with Gasteiger partial charge in [0.25, 0.3) is 5.91 Å². The van der Waals surface area contributed by atoms with Gasteiger partial charge in [-0.05, 0) is 18.2 Å². The van der Waals surface area contributed by atoms with Crippen molar-refractivity contribution in [2.24, 2.45) is 0 Å². The van der Waals surface area contributed by atoms with Gasteiger partial charge >= 0.3 is 0 Å². The lowest BCUT2D eigenvalue weighted by Crippen LogP contribution is -2.22. The maximum atomic E-state index is 12.7. The molecule has 2 aromatic rings. The van der Waals surface area contributed by atoms with E-state index in [1.54, 1.807) is 49.3 Å². The number of nitrogens with one attached hydrogen (secondary N) is 1. The molecule has 26 heavy (non-hydrogen) atoms. The smallest absolute Gasteiger partial charge is 0.267 e. The number of fused-ring (bicyclic) bond motifs is 2. The van der Waals surface area contributed by atoms with Gasteiger partial charge in [-0.2, -0.15) is 5.26 Å². The molecule has 0 heterocycles. The minimum Gasteiger partial charge on any atom is -0.382 e. The van der Waals surface area contributed by atoms with Crippen LogP contribution in [0, 0.1) is 11.3 Å². The van der Waals surface area contributed by atoms with E-state index >= 15 is 0 Å². The van der Waals surface area contributed by atoms with E-state index in [-0.39, 0.29) is 22.7 Å². The fourth-order valence-corrected chi connectivity index (χ4v) is 2.77. The van der Waals surface area contributed by atoms with E-state index in [0.29, 0.717) is 22.4 Å². The summed E-state index contributed by atoms with van der Waals surface area (Å²) >= 11 is 0. The minimum atomic E-state index is -0.587. The molecule has 0 atom stereocenters. The monoisotopic (exact) mass is 345 g/mol. The summed E-state index contributed by atoms with van der Waals surface area (Å²) in [6.45, 7) is 0. The Hall–Kier alpha value is -3.72. The first-order valence-corrected chi connectivity index (χ1v) is 7.84. The van der Waals surface area contributed by atoms with Crippen molar-refractivity contribution < 1.29 is 14.4 Å². The molecule has 0 radical (unpaired) electrons. The van der Waals surface area contributed by atoms with Crippen molar-refractivity contribution in [1.82, 2.24) is 4.90 Å². The zero-order chi connectivity index (χ0) is 18.8. The fraction of sp³-hybridized carbons (Fsp3) is 0.100. The molecule has 0 aliphatic heterocycles. The first-order valence-electron chi connectivity index (χ1n) is 7.84. The van der Waals surface area contributed by atoms with Gasteiger partial charge in [-0.15, -0.1) is 0 Å². The number of hydrogen-bond donors (Lipinski definition) is 1. The summed E-state index contributed by atoms with van der Waals surface area (Å²) in [4.78, 5) is 39.1. The number of carbonyl (C=O) groups is 3. The van der Waals surface area contributed by atoms with Crippen LogP contribution in [-0.4, -0.2) is 36.5 Å². The number of hydrogen-bond acceptors (Lipinski definition) is 5. The molecular formula is C20H15N3O3. The number of carbonyl (C=O) groups excluding carboxylic acids is 3. The summed E-state index contributed by atoms with van der Waals surface area (Å²) in [5, 5.41) is 11.7. The lowest BCUT2D eigenvalue weighted by atomic mass is 9.84. The Morgan fingerprint density at radius 1 is 1.00 bits per heavy atom. The number of anilines is 1. The van der Waals surface area contributed by atoms with Crippen molar-refractivity contribution in [3.63, 3.8) is 0 Å². The molecule has 1 amide bonds. The molecule has 0 unspecified atom stereocenters. The highest BCUT2D eigenvalue weighted by Crippen LogP contribution is 2.29. The van der Waals surface area contributed by atoms with E-state index in [9.17, 15) is 14.4 Å².